The van der Waals surface area contributed by atoms with Crippen LogP contribution in [0.25, 0.3) is 11.1 Å². The van der Waals surface area contributed by atoms with Crippen LogP contribution in [0.3, 0.4) is 0 Å². The molecular weight excluding hydrogens is 467 g/mol. The van der Waals surface area contributed by atoms with Crippen LogP contribution in [-0.4, -0.2) is 31.6 Å². The van der Waals surface area contributed by atoms with E-state index in [1.807, 2.05) is 46.1 Å². The van der Waals surface area contributed by atoms with E-state index in [1.54, 1.807) is 26.4 Å². The summed E-state index contributed by atoms with van der Waals surface area (Å²) in [6.07, 6.45) is 5.33. The molecule has 5 nitrogen and oxygen atoms in total. The van der Waals surface area contributed by atoms with Crippen LogP contribution < -0.4 is 14.0 Å². The number of pyridine rings is 1. The van der Waals surface area contributed by atoms with Crippen molar-refractivity contribution in [2.45, 2.75) is 25.4 Å². The molecule has 1 unspecified atom stereocenters. The smallest absolute Gasteiger partial charge is 0.254 e. The Kier molecular flexibility index (Phi) is 5.87. The fraction of sp³-hybridized carbons (Fsp3) is 0.226. The van der Waals surface area contributed by atoms with Crippen LogP contribution in [-0.2, 0) is 19.4 Å². The van der Waals surface area contributed by atoms with Gasteiger partial charge in [0.2, 0.25) is 0 Å². The van der Waals surface area contributed by atoms with E-state index in [0.717, 1.165) is 35.3 Å². The maximum Gasteiger partial charge on any atom is 0.254 e. The third kappa shape index (κ3) is 4.02. The van der Waals surface area contributed by atoms with Gasteiger partial charge in [0.25, 0.3) is 5.91 Å². The molecule has 2 heterocycles. The van der Waals surface area contributed by atoms with Crippen molar-refractivity contribution in [3.63, 3.8) is 0 Å². The summed E-state index contributed by atoms with van der Waals surface area (Å²) in [4.78, 5) is 15.8. The third-order valence-corrected chi connectivity index (χ3v) is 7.50. The normalized spacial score (nSPS) is 15.5. The van der Waals surface area contributed by atoms with E-state index in [4.69, 9.17) is 9.47 Å². The molecule has 0 fully saturated rings. The van der Waals surface area contributed by atoms with Gasteiger partial charge in [-0.1, -0.05) is 24.3 Å². The Morgan fingerprint density at radius 2 is 1.76 bits per heavy atom. The summed E-state index contributed by atoms with van der Waals surface area (Å²) < 4.78 is 26.8. The first-order chi connectivity index (χ1) is 18.1. The van der Waals surface area contributed by atoms with Crippen LogP contribution in [0, 0.1) is 5.82 Å². The van der Waals surface area contributed by atoms with Gasteiger partial charge in [0.1, 0.15) is 5.82 Å². The van der Waals surface area contributed by atoms with Gasteiger partial charge in [0, 0.05) is 29.8 Å². The summed E-state index contributed by atoms with van der Waals surface area (Å²) in [6, 6.07) is 20.5. The minimum Gasteiger partial charge on any atom is -0.493 e. The average molecular weight is 496 g/mol. The summed E-state index contributed by atoms with van der Waals surface area (Å²) >= 11 is 0. The molecule has 37 heavy (non-hydrogen) atoms. The summed E-state index contributed by atoms with van der Waals surface area (Å²) in [6.45, 7) is 1.24. The molecule has 3 aromatic carbocycles. The highest BCUT2D eigenvalue weighted by molar-refractivity contribution is 5.95. The molecule has 2 aliphatic rings. The topological polar surface area (TPSA) is 42.7 Å². The maximum absolute atomic E-state index is 13.8. The summed E-state index contributed by atoms with van der Waals surface area (Å²) in [5.41, 5.74) is 7.39. The zero-order valence-corrected chi connectivity index (χ0v) is 20.9. The van der Waals surface area contributed by atoms with Crippen molar-refractivity contribution in [3.05, 3.63) is 113 Å². The van der Waals surface area contributed by atoms with E-state index < -0.39 is 0 Å². The fourth-order valence-electron chi connectivity index (χ4n) is 5.75. The molecule has 4 aromatic rings. The number of halogens is 1. The lowest BCUT2D eigenvalue weighted by Gasteiger charge is -2.42. The van der Waals surface area contributed by atoms with E-state index >= 15 is 0 Å². The van der Waals surface area contributed by atoms with Gasteiger partial charge in [-0.3, -0.25) is 4.79 Å². The highest BCUT2D eigenvalue weighted by atomic mass is 19.1. The van der Waals surface area contributed by atoms with Gasteiger partial charge in [-0.2, -0.15) is 0 Å². The molecule has 1 amide bonds. The highest BCUT2D eigenvalue weighted by Crippen LogP contribution is 2.52. The Morgan fingerprint density at radius 3 is 2.49 bits per heavy atom. The second-order valence-electron chi connectivity index (χ2n) is 9.57. The molecule has 0 spiro atoms. The zero-order chi connectivity index (χ0) is 25.5. The molecule has 0 radical (unpaired) electrons. The molecule has 0 bridgehead atoms. The number of hydrogen-bond donors (Lipinski definition) is 0. The van der Waals surface area contributed by atoms with E-state index in [-0.39, 0.29) is 17.8 Å². The van der Waals surface area contributed by atoms with Gasteiger partial charge in [-0.05, 0) is 65.4 Å². The SMILES string of the molecule is COc1cc2c3c(c1OC)-c1ccccc1CC3N(C(=O)c1cc[n+](Cc3ccc(F)cc3)cc1)CC2. The van der Waals surface area contributed by atoms with E-state index in [1.165, 1.54) is 28.8 Å². The first-order valence-electron chi connectivity index (χ1n) is 12.5. The van der Waals surface area contributed by atoms with Crippen molar-refractivity contribution in [2.24, 2.45) is 0 Å². The molecule has 6 heteroatoms. The predicted molar refractivity (Wildman–Crippen MR) is 138 cm³/mol. The van der Waals surface area contributed by atoms with Gasteiger partial charge in [-0.25, -0.2) is 8.96 Å². The fourth-order valence-corrected chi connectivity index (χ4v) is 5.75. The Bertz CT molecular complexity index is 1480. The van der Waals surface area contributed by atoms with Crippen LogP contribution in [0.15, 0.2) is 79.1 Å². The van der Waals surface area contributed by atoms with Gasteiger partial charge >= 0.3 is 0 Å². The van der Waals surface area contributed by atoms with Crippen LogP contribution in [0.5, 0.6) is 11.5 Å². The van der Waals surface area contributed by atoms with Gasteiger partial charge < -0.3 is 14.4 Å². The minimum absolute atomic E-state index is 0.0182. The molecule has 1 aliphatic carbocycles. The van der Waals surface area contributed by atoms with Crippen LogP contribution >= 0.6 is 0 Å². The molecule has 0 N–H and O–H groups in total. The lowest BCUT2D eigenvalue weighted by Crippen LogP contribution is -2.43. The van der Waals surface area contributed by atoms with E-state index in [0.29, 0.717) is 24.4 Å². The van der Waals surface area contributed by atoms with Crippen molar-refractivity contribution < 1.29 is 23.2 Å². The summed E-state index contributed by atoms with van der Waals surface area (Å²) in [5.74, 6) is 1.21. The molecular formula is C31H28FN2O3+. The minimum atomic E-state index is -0.248. The monoisotopic (exact) mass is 495 g/mol. The zero-order valence-electron chi connectivity index (χ0n) is 20.9. The number of aromatic nitrogens is 1. The average Bonchev–Trinajstić information content (AvgIpc) is 2.94. The number of amides is 1. The summed E-state index contributed by atoms with van der Waals surface area (Å²) in [7, 11) is 3.34. The van der Waals surface area contributed by atoms with Crippen molar-refractivity contribution in [3.8, 4) is 22.6 Å². The lowest BCUT2D eigenvalue weighted by molar-refractivity contribution is -0.688. The highest BCUT2D eigenvalue weighted by Gasteiger charge is 2.39. The second-order valence-corrected chi connectivity index (χ2v) is 9.57. The Hall–Kier alpha value is -4.19. The number of nitrogens with zero attached hydrogens (tertiary/aromatic N) is 2. The van der Waals surface area contributed by atoms with Gasteiger partial charge in [0.05, 0.1) is 25.8 Å². The number of benzene rings is 3. The van der Waals surface area contributed by atoms with Crippen molar-refractivity contribution >= 4 is 5.91 Å². The third-order valence-electron chi connectivity index (χ3n) is 7.50. The van der Waals surface area contributed by atoms with Crippen LogP contribution in [0.2, 0.25) is 0 Å². The Balaban J connectivity index is 1.34. The van der Waals surface area contributed by atoms with E-state index in [9.17, 15) is 9.18 Å². The van der Waals surface area contributed by atoms with Gasteiger partial charge in [-0.15, -0.1) is 0 Å². The first kappa shape index (κ1) is 23.2. The predicted octanol–water partition coefficient (Wildman–Crippen LogP) is 5.14. The quantitative estimate of drug-likeness (QED) is 0.360. The van der Waals surface area contributed by atoms with Crippen molar-refractivity contribution in [2.75, 3.05) is 20.8 Å². The summed E-state index contributed by atoms with van der Waals surface area (Å²) in [5, 5.41) is 0. The molecule has 6 rings (SSSR count). The second kappa shape index (κ2) is 9.36. The molecule has 1 aliphatic heterocycles. The number of hydrogen-bond acceptors (Lipinski definition) is 3. The first-order valence-corrected chi connectivity index (χ1v) is 12.5. The molecule has 1 aromatic heterocycles. The Labute approximate surface area is 215 Å². The van der Waals surface area contributed by atoms with Crippen molar-refractivity contribution in [1.29, 1.82) is 0 Å². The number of rotatable bonds is 5. The molecule has 0 saturated carbocycles. The molecule has 0 saturated heterocycles. The Morgan fingerprint density at radius 1 is 1.00 bits per heavy atom. The van der Waals surface area contributed by atoms with Gasteiger partial charge in [0.15, 0.2) is 30.4 Å². The van der Waals surface area contributed by atoms with Crippen LogP contribution in [0.1, 0.15) is 38.7 Å². The number of carbonyl (C=O) groups is 1. The number of carbonyl (C=O) groups excluding carboxylic acids is 1. The molecule has 186 valence electrons. The van der Waals surface area contributed by atoms with E-state index in [2.05, 4.69) is 18.2 Å². The molecule has 1 atom stereocenters. The number of methoxy groups -OCH3 is 2. The number of ether oxygens (including phenoxy) is 2. The number of fused-ring (bicyclic) bond motifs is 2. The largest absolute Gasteiger partial charge is 0.493 e. The van der Waals surface area contributed by atoms with Crippen molar-refractivity contribution in [1.82, 2.24) is 4.90 Å². The van der Waals surface area contributed by atoms with Crippen LogP contribution in [0.4, 0.5) is 4.39 Å². The maximum atomic E-state index is 13.8. The lowest BCUT2D eigenvalue weighted by atomic mass is 9.76. The standard InChI is InChI=1S/C31H28FN2O3/c1-36-27-18-23-13-16-34(26-17-22-5-3-4-6-25(22)29(28(23)26)30(27)37-2)31(35)21-11-14-33(15-12-21)19-20-7-9-24(32)10-8-20/h3-12,14-15,18,26H,13,16-17,19H2,1-2H3/q+1.